The van der Waals surface area contributed by atoms with Crippen LogP contribution in [0.5, 0.6) is 0 Å². The van der Waals surface area contributed by atoms with Crippen molar-refractivity contribution in [3.05, 3.63) is 76.7 Å². The largest absolute Gasteiger partial charge is 0.337 e. The molecule has 1 aliphatic rings. The highest BCUT2D eigenvalue weighted by atomic mass is 32.1. The third kappa shape index (κ3) is 4.54. The van der Waals surface area contributed by atoms with Gasteiger partial charge in [-0.2, -0.15) is 0 Å². The summed E-state index contributed by atoms with van der Waals surface area (Å²) >= 11 is 1.42. The van der Waals surface area contributed by atoms with Crippen LogP contribution in [-0.2, 0) is 4.79 Å². The highest BCUT2D eigenvalue weighted by Crippen LogP contribution is 2.25. The van der Waals surface area contributed by atoms with E-state index in [1.807, 2.05) is 41.8 Å². The molecule has 0 radical (unpaired) electrons. The van der Waals surface area contributed by atoms with Crippen LogP contribution in [0.25, 0.3) is 11.1 Å². The molecule has 0 saturated carbocycles. The number of halogens is 1. The molecule has 1 unspecified atom stereocenters. The molecule has 2 aromatic carbocycles. The van der Waals surface area contributed by atoms with Crippen molar-refractivity contribution in [1.29, 1.82) is 0 Å². The van der Waals surface area contributed by atoms with E-state index in [-0.39, 0.29) is 23.5 Å². The van der Waals surface area contributed by atoms with Crippen LogP contribution in [0.4, 0.5) is 10.1 Å². The zero-order chi connectivity index (χ0) is 20.2. The summed E-state index contributed by atoms with van der Waals surface area (Å²) in [5, 5.41) is 4.86. The lowest BCUT2D eigenvalue weighted by molar-refractivity contribution is -0.121. The molecule has 0 spiro atoms. The normalized spacial score (nSPS) is 16.4. The van der Waals surface area contributed by atoms with Gasteiger partial charge in [0, 0.05) is 18.8 Å². The summed E-state index contributed by atoms with van der Waals surface area (Å²) in [5.41, 5.74) is 2.48. The van der Waals surface area contributed by atoms with E-state index in [0.29, 0.717) is 23.7 Å². The van der Waals surface area contributed by atoms with Crippen LogP contribution in [0.15, 0.2) is 66.0 Å². The Labute approximate surface area is 173 Å². The number of rotatable bonds is 4. The standard InChI is InChI=1S/C23H21FN2O2S/c24-19-10-8-16(9-11-19)17-4-1-6-20(14-17)25-22(27)18-5-2-12-26(15-18)23(28)21-7-3-13-29-21/h1,3-4,6-11,13-14,18H,2,5,12,15H2,(H,25,27). The third-order valence-corrected chi connectivity index (χ3v) is 5.98. The van der Waals surface area contributed by atoms with Gasteiger partial charge < -0.3 is 10.2 Å². The topological polar surface area (TPSA) is 49.4 Å². The van der Waals surface area contributed by atoms with Crippen LogP contribution in [0, 0.1) is 11.7 Å². The molecule has 29 heavy (non-hydrogen) atoms. The molecule has 1 saturated heterocycles. The van der Waals surface area contributed by atoms with Crippen LogP contribution in [0.3, 0.4) is 0 Å². The van der Waals surface area contributed by atoms with Gasteiger partial charge in [0.05, 0.1) is 10.8 Å². The Kier molecular flexibility index (Phi) is 5.71. The molecule has 1 aromatic heterocycles. The fourth-order valence-corrected chi connectivity index (χ4v) is 4.29. The second-order valence-electron chi connectivity index (χ2n) is 7.14. The second kappa shape index (κ2) is 8.57. The van der Waals surface area contributed by atoms with Gasteiger partial charge in [-0.15, -0.1) is 11.3 Å². The average Bonchev–Trinajstić information content (AvgIpc) is 3.29. The van der Waals surface area contributed by atoms with E-state index in [2.05, 4.69) is 5.32 Å². The van der Waals surface area contributed by atoms with E-state index in [0.717, 1.165) is 24.0 Å². The molecule has 2 amide bonds. The number of likely N-dealkylation sites (tertiary alicyclic amines) is 1. The first-order valence-electron chi connectivity index (χ1n) is 9.60. The highest BCUT2D eigenvalue weighted by molar-refractivity contribution is 7.12. The Morgan fingerprint density at radius 1 is 1.03 bits per heavy atom. The number of anilines is 1. The van der Waals surface area contributed by atoms with Crippen molar-refractivity contribution in [1.82, 2.24) is 4.90 Å². The van der Waals surface area contributed by atoms with Crippen LogP contribution in [0.1, 0.15) is 22.5 Å². The van der Waals surface area contributed by atoms with Crippen LogP contribution < -0.4 is 5.32 Å². The Morgan fingerprint density at radius 2 is 1.86 bits per heavy atom. The number of thiophene rings is 1. The Balaban J connectivity index is 1.43. The van der Waals surface area contributed by atoms with E-state index in [1.165, 1.54) is 23.5 Å². The summed E-state index contributed by atoms with van der Waals surface area (Å²) in [6.45, 7) is 1.11. The Hall–Kier alpha value is -2.99. The van der Waals surface area contributed by atoms with Crippen molar-refractivity contribution in [3.8, 4) is 11.1 Å². The van der Waals surface area contributed by atoms with Crippen LogP contribution >= 0.6 is 11.3 Å². The number of hydrogen-bond acceptors (Lipinski definition) is 3. The van der Waals surface area contributed by atoms with Crippen molar-refractivity contribution in [3.63, 3.8) is 0 Å². The predicted octanol–water partition coefficient (Wildman–Crippen LogP) is 5.05. The molecule has 1 atom stereocenters. The zero-order valence-corrected chi connectivity index (χ0v) is 16.6. The lowest BCUT2D eigenvalue weighted by Gasteiger charge is -2.31. The van der Waals surface area contributed by atoms with Gasteiger partial charge in [-0.1, -0.05) is 30.3 Å². The van der Waals surface area contributed by atoms with Gasteiger partial charge in [-0.25, -0.2) is 4.39 Å². The summed E-state index contributed by atoms with van der Waals surface area (Å²) in [6.07, 6.45) is 1.57. The minimum atomic E-state index is -0.280. The van der Waals surface area contributed by atoms with E-state index in [4.69, 9.17) is 0 Å². The van der Waals surface area contributed by atoms with E-state index >= 15 is 0 Å². The van der Waals surface area contributed by atoms with Crippen molar-refractivity contribution in [2.75, 3.05) is 18.4 Å². The van der Waals surface area contributed by atoms with Crippen molar-refractivity contribution in [2.24, 2.45) is 5.92 Å². The number of carbonyl (C=O) groups excluding carboxylic acids is 2. The van der Waals surface area contributed by atoms with E-state index in [1.54, 1.807) is 17.0 Å². The first-order chi connectivity index (χ1) is 14.1. The number of amides is 2. The fraction of sp³-hybridized carbons (Fsp3) is 0.217. The van der Waals surface area contributed by atoms with Gasteiger partial charge in [0.1, 0.15) is 5.82 Å². The first kappa shape index (κ1) is 19.3. The van der Waals surface area contributed by atoms with Crippen LogP contribution in [-0.4, -0.2) is 29.8 Å². The van der Waals surface area contributed by atoms with Gasteiger partial charge in [-0.05, 0) is 59.7 Å². The molecule has 148 valence electrons. The minimum Gasteiger partial charge on any atom is -0.337 e. The molecule has 4 nitrogen and oxygen atoms in total. The SMILES string of the molecule is O=C(Nc1cccc(-c2ccc(F)cc2)c1)C1CCCN(C(=O)c2cccs2)C1. The minimum absolute atomic E-state index is 0.00388. The van der Waals surface area contributed by atoms with Gasteiger partial charge in [0.15, 0.2) is 0 Å². The van der Waals surface area contributed by atoms with E-state index in [9.17, 15) is 14.0 Å². The molecule has 2 heterocycles. The highest BCUT2D eigenvalue weighted by Gasteiger charge is 2.29. The molecule has 6 heteroatoms. The smallest absolute Gasteiger partial charge is 0.263 e. The molecule has 1 N–H and O–H groups in total. The maximum absolute atomic E-state index is 13.2. The molecule has 0 aliphatic carbocycles. The molecular formula is C23H21FN2O2S. The van der Waals surface area contributed by atoms with Crippen molar-refractivity contribution >= 4 is 28.8 Å². The van der Waals surface area contributed by atoms with Crippen molar-refractivity contribution < 1.29 is 14.0 Å². The molecule has 3 aromatic rings. The number of carbonyl (C=O) groups is 2. The maximum atomic E-state index is 13.2. The molecule has 1 fully saturated rings. The molecule has 4 rings (SSSR count). The van der Waals surface area contributed by atoms with Gasteiger partial charge >= 0.3 is 0 Å². The Morgan fingerprint density at radius 3 is 2.62 bits per heavy atom. The van der Waals surface area contributed by atoms with Gasteiger partial charge in [-0.3, -0.25) is 9.59 Å². The summed E-state index contributed by atoms with van der Waals surface area (Å²) in [5.74, 6) is -0.597. The zero-order valence-electron chi connectivity index (χ0n) is 15.8. The lowest BCUT2D eigenvalue weighted by Crippen LogP contribution is -2.43. The molecular weight excluding hydrogens is 387 g/mol. The summed E-state index contributed by atoms with van der Waals surface area (Å²) < 4.78 is 13.2. The van der Waals surface area contributed by atoms with Crippen molar-refractivity contribution in [2.45, 2.75) is 12.8 Å². The van der Waals surface area contributed by atoms with Gasteiger partial charge in [0.2, 0.25) is 5.91 Å². The Bertz CT molecular complexity index is 1000. The van der Waals surface area contributed by atoms with Crippen LogP contribution in [0.2, 0.25) is 0 Å². The number of nitrogens with zero attached hydrogens (tertiary/aromatic N) is 1. The third-order valence-electron chi connectivity index (χ3n) is 5.12. The summed E-state index contributed by atoms with van der Waals surface area (Å²) in [4.78, 5) is 27.9. The van der Waals surface area contributed by atoms with E-state index < -0.39 is 0 Å². The number of benzene rings is 2. The quantitative estimate of drug-likeness (QED) is 0.657. The second-order valence-corrected chi connectivity index (χ2v) is 8.09. The number of piperidine rings is 1. The average molecular weight is 408 g/mol. The first-order valence-corrected chi connectivity index (χ1v) is 10.5. The fourth-order valence-electron chi connectivity index (χ4n) is 3.59. The predicted molar refractivity (Wildman–Crippen MR) is 113 cm³/mol. The summed E-state index contributed by atoms with van der Waals surface area (Å²) in [7, 11) is 0. The monoisotopic (exact) mass is 408 g/mol. The summed E-state index contributed by atoms with van der Waals surface area (Å²) in [6, 6.07) is 17.4. The number of hydrogen-bond donors (Lipinski definition) is 1. The molecule has 1 aliphatic heterocycles. The molecule has 0 bridgehead atoms. The number of nitrogens with one attached hydrogen (secondary N) is 1. The maximum Gasteiger partial charge on any atom is 0.263 e. The lowest BCUT2D eigenvalue weighted by atomic mass is 9.96. The van der Waals surface area contributed by atoms with Gasteiger partial charge in [0.25, 0.3) is 5.91 Å².